The summed E-state index contributed by atoms with van der Waals surface area (Å²) < 4.78 is 46.6. The lowest BCUT2D eigenvalue weighted by Gasteiger charge is -2.08. The van der Waals surface area contributed by atoms with Crippen LogP contribution in [0.25, 0.3) is 10.9 Å². The van der Waals surface area contributed by atoms with Gasteiger partial charge in [0.25, 0.3) is 5.76 Å². The number of carboxylic acids is 1. The van der Waals surface area contributed by atoms with Gasteiger partial charge in [0.05, 0.1) is 29.8 Å². The highest BCUT2D eigenvalue weighted by atomic mass is 32.2. The lowest BCUT2D eigenvalue weighted by molar-refractivity contribution is -0.136. The molecule has 0 aliphatic carbocycles. The second kappa shape index (κ2) is 7.85. The maximum atomic E-state index is 14.3. The van der Waals surface area contributed by atoms with Crippen LogP contribution in [0.1, 0.15) is 16.1 Å². The molecule has 1 aromatic carbocycles. The fraction of sp³-hybridized carbons (Fsp3) is 0.278. The number of halogens is 3. The van der Waals surface area contributed by atoms with E-state index in [2.05, 4.69) is 0 Å². The van der Waals surface area contributed by atoms with E-state index in [1.54, 1.807) is 23.6 Å². The van der Waals surface area contributed by atoms with Gasteiger partial charge in [0.1, 0.15) is 0 Å². The molecule has 0 aliphatic rings. The number of hydrogen-bond acceptors (Lipinski definition) is 4. The second-order valence-corrected chi connectivity index (χ2v) is 8.28. The number of methoxy groups -OCH3 is 1. The molecule has 0 saturated carbocycles. The van der Waals surface area contributed by atoms with E-state index in [0.29, 0.717) is 44.7 Å². The summed E-state index contributed by atoms with van der Waals surface area (Å²) >= 11 is 1.72. The molecule has 144 valence electrons. The van der Waals surface area contributed by atoms with Crippen LogP contribution in [-0.2, 0) is 17.8 Å². The number of hydrogen-bond donors (Lipinski definition) is 1. The fourth-order valence-corrected chi connectivity index (χ4v) is 4.81. The Morgan fingerprint density at radius 3 is 2.74 bits per heavy atom. The maximum absolute atomic E-state index is 14.3. The van der Waals surface area contributed by atoms with Gasteiger partial charge in [0.2, 0.25) is 0 Å². The van der Waals surface area contributed by atoms with Crippen LogP contribution >= 0.6 is 23.1 Å². The minimum Gasteiger partial charge on any atom is -0.494 e. The molecular weight excluding hydrogens is 399 g/mol. The van der Waals surface area contributed by atoms with E-state index >= 15 is 0 Å². The number of nitrogens with zero attached hydrogens (tertiary/aromatic N) is 1. The first-order valence-electron chi connectivity index (χ1n) is 7.90. The summed E-state index contributed by atoms with van der Waals surface area (Å²) in [7, 11) is 1.35. The van der Waals surface area contributed by atoms with Gasteiger partial charge in [0.15, 0.2) is 11.6 Å². The molecule has 0 bridgehead atoms. The zero-order valence-electron chi connectivity index (χ0n) is 14.5. The fourth-order valence-electron chi connectivity index (χ4n) is 3.03. The Bertz CT molecular complexity index is 998. The van der Waals surface area contributed by atoms with Crippen molar-refractivity contribution in [3.8, 4) is 5.75 Å². The number of ether oxygens (including phenoxy) is 1. The SMILES string of the molecule is COc1cc2c(CC(=O)O)c(C)n(Cc3ccc(SC(F)F)s3)c2cc1F. The molecule has 0 amide bonds. The quantitative estimate of drug-likeness (QED) is 0.543. The third-order valence-electron chi connectivity index (χ3n) is 4.21. The molecule has 0 fully saturated rings. The number of aromatic nitrogens is 1. The Kier molecular flexibility index (Phi) is 5.71. The molecular formula is C18H16F3NO3S2. The summed E-state index contributed by atoms with van der Waals surface area (Å²) in [6, 6.07) is 6.19. The van der Waals surface area contributed by atoms with Crippen molar-refractivity contribution < 1.29 is 27.8 Å². The van der Waals surface area contributed by atoms with Gasteiger partial charge in [-0.2, -0.15) is 8.78 Å². The smallest absolute Gasteiger partial charge is 0.307 e. The molecule has 2 heterocycles. The van der Waals surface area contributed by atoms with E-state index in [-0.39, 0.29) is 12.2 Å². The highest BCUT2D eigenvalue weighted by molar-refractivity contribution is 8.01. The first-order valence-corrected chi connectivity index (χ1v) is 9.60. The number of thiophene rings is 1. The van der Waals surface area contributed by atoms with Gasteiger partial charge < -0.3 is 14.4 Å². The van der Waals surface area contributed by atoms with Crippen LogP contribution in [0.15, 0.2) is 28.5 Å². The average molecular weight is 415 g/mol. The lowest BCUT2D eigenvalue weighted by atomic mass is 10.1. The summed E-state index contributed by atoms with van der Waals surface area (Å²) in [5.74, 6) is -4.00. The predicted octanol–water partition coefficient (Wildman–Crippen LogP) is 5.15. The molecule has 4 nitrogen and oxygen atoms in total. The standard InChI is InChI=1S/C18H16F3NO3S2/c1-9-11(6-16(23)24)12-5-15(25-2)13(19)7-14(12)22(9)8-10-3-4-17(26-10)27-18(20)21/h3-5,7,18H,6,8H2,1-2H3,(H,23,24). The minimum atomic E-state index is -2.49. The molecule has 2 aromatic heterocycles. The molecule has 0 saturated heterocycles. The molecule has 0 atom stereocenters. The van der Waals surface area contributed by atoms with Crippen LogP contribution in [0, 0.1) is 12.7 Å². The molecule has 3 rings (SSSR count). The summed E-state index contributed by atoms with van der Waals surface area (Å²) in [5.41, 5.74) is 1.81. The minimum absolute atomic E-state index is 0.0398. The first-order chi connectivity index (χ1) is 12.8. The highest BCUT2D eigenvalue weighted by Crippen LogP contribution is 2.35. The third kappa shape index (κ3) is 4.08. The van der Waals surface area contributed by atoms with Crippen molar-refractivity contribution >= 4 is 40.0 Å². The number of benzene rings is 1. The van der Waals surface area contributed by atoms with E-state index in [1.165, 1.54) is 30.6 Å². The topological polar surface area (TPSA) is 51.5 Å². The van der Waals surface area contributed by atoms with E-state index < -0.39 is 17.5 Å². The van der Waals surface area contributed by atoms with E-state index in [9.17, 15) is 23.1 Å². The van der Waals surface area contributed by atoms with E-state index in [0.717, 1.165) is 4.88 Å². The van der Waals surface area contributed by atoms with Crippen molar-refractivity contribution in [2.75, 3.05) is 7.11 Å². The number of carbonyl (C=O) groups is 1. The monoisotopic (exact) mass is 415 g/mol. The molecule has 9 heteroatoms. The molecule has 1 N–H and O–H groups in total. The zero-order chi connectivity index (χ0) is 19.7. The Labute approximate surface area is 161 Å². The number of rotatable bonds is 7. The van der Waals surface area contributed by atoms with Crippen LogP contribution in [0.4, 0.5) is 13.2 Å². The summed E-state index contributed by atoms with van der Waals surface area (Å²) in [6.07, 6.45) is -0.207. The molecule has 3 aromatic rings. The van der Waals surface area contributed by atoms with Crippen LogP contribution in [0.5, 0.6) is 5.75 Å². The second-order valence-electron chi connectivity index (χ2n) is 5.82. The Morgan fingerprint density at radius 1 is 1.37 bits per heavy atom. The first kappa shape index (κ1) is 19.6. The lowest BCUT2D eigenvalue weighted by Crippen LogP contribution is -2.04. The summed E-state index contributed by atoms with van der Waals surface area (Å²) in [5, 5.41) is 9.84. The largest absolute Gasteiger partial charge is 0.494 e. The van der Waals surface area contributed by atoms with Gasteiger partial charge >= 0.3 is 5.97 Å². The van der Waals surface area contributed by atoms with Crippen molar-refractivity contribution in [3.05, 3.63) is 46.2 Å². The van der Waals surface area contributed by atoms with Crippen LogP contribution < -0.4 is 4.74 Å². The number of carboxylic acid groups (broad SMARTS) is 1. The number of alkyl halides is 2. The van der Waals surface area contributed by atoms with Crippen molar-refractivity contribution in [2.24, 2.45) is 0 Å². The number of aliphatic carboxylic acids is 1. The normalized spacial score (nSPS) is 11.5. The van der Waals surface area contributed by atoms with Gasteiger partial charge in [-0.3, -0.25) is 4.79 Å². The van der Waals surface area contributed by atoms with Gasteiger partial charge in [-0.1, -0.05) is 0 Å². The summed E-state index contributed by atoms with van der Waals surface area (Å²) in [6.45, 7) is 2.10. The molecule has 0 spiro atoms. The van der Waals surface area contributed by atoms with Gasteiger partial charge in [-0.05, 0) is 42.4 Å². The third-order valence-corrected chi connectivity index (χ3v) is 6.16. The Morgan fingerprint density at radius 2 is 2.11 bits per heavy atom. The Hall–Kier alpha value is -2.13. The molecule has 0 unspecified atom stereocenters. The molecule has 27 heavy (non-hydrogen) atoms. The highest BCUT2D eigenvalue weighted by Gasteiger charge is 2.20. The van der Waals surface area contributed by atoms with Gasteiger partial charge in [0, 0.05) is 22.0 Å². The average Bonchev–Trinajstić information content (AvgIpc) is 3.11. The van der Waals surface area contributed by atoms with Crippen molar-refractivity contribution in [2.45, 2.75) is 29.9 Å². The van der Waals surface area contributed by atoms with Crippen LogP contribution in [0.2, 0.25) is 0 Å². The van der Waals surface area contributed by atoms with Crippen LogP contribution in [-0.4, -0.2) is 28.5 Å². The zero-order valence-corrected chi connectivity index (χ0v) is 16.1. The van der Waals surface area contributed by atoms with E-state index in [4.69, 9.17) is 4.74 Å². The van der Waals surface area contributed by atoms with Crippen molar-refractivity contribution in [1.82, 2.24) is 4.57 Å². The van der Waals surface area contributed by atoms with Gasteiger partial charge in [-0.15, -0.1) is 11.3 Å². The predicted molar refractivity (Wildman–Crippen MR) is 99.8 cm³/mol. The van der Waals surface area contributed by atoms with Crippen molar-refractivity contribution in [1.29, 1.82) is 0 Å². The Balaban J connectivity index is 2.08. The summed E-state index contributed by atoms with van der Waals surface area (Å²) in [4.78, 5) is 12.1. The van der Waals surface area contributed by atoms with Crippen LogP contribution in [0.3, 0.4) is 0 Å². The maximum Gasteiger partial charge on any atom is 0.307 e. The van der Waals surface area contributed by atoms with Crippen molar-refractivity contribution in [3.63, 3.8) is 0 Å². The number of thioether (sulfide) groups is 1. The molecule has 0 radical (unpaired) electrons. The van der Waals surface area contributed by atoms with Gasteiger partial charge in [-0.25, -0.2) is 4.39 Å². The molecule has 0 aliphatic heterocycles. The number of fused-ring (bicyclic) bond motifs is 1. The van der Waals surface area contributed by atoms with E-state index in [1.807, 2.05) is 0 Å².